The van der Waals surface area contributed by atoms with Gasteiger partial charge in [-0.1, -0.05) is 35.9 Å². The molecule has 1 atom stereocenters. The maximum atomic E-state index is 13.5. The molecule has 2 aromatic rings. The zero-order valence-corrected chi connectivity index (χ0v) is 11.7. The van der Waals surface area contributed by atoms with Crippen LogP contribution in [0.1, 0.15) is 17.0 Å². The van der Waals surface area contributed by atoms with Gasteiger partial charge in [0.2, 0.25) is 0 Å². The minimum absolute atomic E-state index is 0.159. The molecule has 0 aliphatic heterocycles. The first-order valence-corrected chi connectivity index (χ1v) is 6.89. The van der Waals surface area contributed by atoms with E-state index in [9.17, 15) is 14.5 Å². The van der Waals surface area contributed by atoms with Crippen LogP contribution in [0.2, 0.25) is 5.02 Å². The second-order valence-corrected chi connectivity index (χ2v) is 5.43. The molecule has 4 nitrogen and oxygen atoms in total. The topological polar surface area (TPSA) is 55.2 Å². The number of fused-ring (bicyclic) bond motifs is 1. The molecule has 21 heavy (non-hydrogen) atoms. The Hall–Kier alpha value is -2.14. The number of nitro benzene ring substituents is 1. The molecule has 0 spiro atoms. The zero-order valence-electron chi connectivity index (χ0n) is 11.0. The van der Waals surface area contributed by atoms with E-state index in [2.05, 4.69) is 11.4 Å². The van der Waals surface area contributed by atoms with Crippen molar-refractivity contribution in [2.75, 3.05) is 11.9 Å². The summed E-state index contributed by atoms with van der Waals surface area (Å²) in [6.45, 7) is 0.527. The van der Waals surface area contributed by atoms with E-state index in [0.29, 0.717) is 12.5 Å². The number of rotatable bonds is 4. The van der Waals surface area contributed by atoms with E-state index in [1.807, 2.05) is 18.2 Å². The van der Waals surface area contributed by atoms with E-state index in [-0.39, 0.29) is 16.4 Å². The van der Waals surface area contributed by atoms with E-state index in [4.69, 9.17) is 11.6 Å². The highest BCUT2D eigenvalue weighted by Crippen LogP contribution is 2.36. The van der Waals surface area contributed by atoms with Gasteiger partial charge in [0.05, 0.1) is 9.95 Å². The van der Waals surface area contributed by atoms with Gasteiger partial charge < -0.3 is 5.32 Å². The quantitative estimate of drug-likeness (QED) is 0.682. The first-order valence-electron chi connectivity index (χ1n) is 6.51. The molecule has 0 heterocycles. The van der Waals surface area contributed by atoms with Crippen molar-refractivity contribution in [2.45, 2.75) is 12.3 Å². The molecule has 1 aliphatic rings. The van der Waals surface area contributed by atoms with Gasteiger partial charge in [0.1, 0.15) is 11.5 Å². The highest BCUT2D eigenvalue weighted by atomic mass is 35.5. The van der Waals surface area contributed by atoms with Crippen LogP contribution in [0, 0.1) is 15.9 Å². The molecular formula is C15H12ClFN2O2. The first kappa shape index (κ1) is 13.8. The summed E-state index contributed by atoms with van der Waals surface area (Å²) in [5.41, 5.74) is 2.48. The summed E-state index contributed by atoms with van der Waals surface area (Å²) < 4.78 is 13.5. The summed E-state index contributed by atoms with van der Waals surface area (Å²) in [7, 11) is 0. The van der Waals surface area contributed by atoms with Gasteiger partial charge >= 0.3 is 0 Å². The molecule has 0 amide bonds. The zero-order chi connectivity index (χ0) is 15.0. The minimum atomic E-state index is -0.668. The number of benzene rings is 2. The predicted molar refractivity (Wildman–Crippen MR) is 79.4 cm³/mol. The molecule has 0 aromatic heterocycles. The van der Waals surface area contributed by atoms with Crippen molar-refractivity contribution in [1.29, 1.82) is 0 Å². The molecular weight excluding hydrogens is 295 g/mol. The molecule has 0 bridgehead atoms. The molecule has 1 aliphatic carbocycles. The lowest BCUT2D eigenvalue weighted by Crippen LogP contribution is -2.24. The van der Waals surface area contributed by atoms with Gasteiger partial charge in [0.25, 0.3) is 5.69 Å². The third kappa shape index (κ3) is 2.56. The van der Waals surface area contributed by atoms with E-state index >= 15 is 0 Å². The fourth-order valence-electron chi connectivity index (χ4n) is 2.61. The molecule has 0 radical (unpaired) electrons. The number of nitrogens with zero attached hydrogens (tertiary/aromatic N) is 1. The Morgan fingerprint density at radius 3 is 2.86 bits per heavy atom. The van der Waals surface area contributed by atoms with Crippen LogP contribution in [0.3, 0.4) is 0 Å². The Kier molecular flexibility index (Phi) is 3.51. The predicted octanol–water partition coefficient (Wildman–Crippen LogP) is 4.14. The molecule has 1 unspecified atom stereocenters. The molecule has 0 fully saturated rings. The van der Waals surface area contributed by atoms with Gasteiger partial charge in [-0.25, -0.2) is 4.39 Å². The van der Waals surface area contributed by atoms with Crippen LogP contribution in [0.5, 0.6) is 0 Å². The molecule has 1 N–H and O–H groups in total. The Balaban J connectivity index is 1.77. The second-order valence-electron chi connectivity index (χ2n) is 5.02. The molecule has 0 saturated heterocycles. The number of hydrogen-bond acceptors (Lipinski definition) is 3. The van der Waals surface area contributed by atoms with E-state index in [1.54, 1.807) is 0 Å². The lowest BCUT2D eigenvalue weighted by molar-refractivity contribution is -0.384. The van der Waals surface area contributed by atoms with Crippen molar-refractivity contribution in [1.82, 2.24) is 0 Å². The standard InChI is InChI=1S/C15H12ClFN2O2/c16-12-6-15(19(20)21)14(7-13(12)17)18-8-10-5-9-3-1-2-4-11(9)10/h1-4,6-7,10,18H,5,8H2. The Labute approximate surface area is 125 Å². The fraction of sp³-hybridized carbons (Fsp3) is 0.200. The summed E-state index contributed by atoms with van der Waals surface area (Å²) in [6, 6.07) is 10.2. The molecule has 108 valence electrons. The summed E-state index contributed by atoms with van der Waals surface area (Å²) in [4.78, 5) is 10.4. The number of nitrogens with one attached hydrogen (secondary N) is 1. The smallest absolute Gasteiger partial charge is 0.294 e. The number of hydrogen-bond donors (Lipinski definition) is 1. The summed E-state index contributed by atoms with van der Waals surface area (Å²) in [5.74, 6) is -0.377. The Bertz CT molecular complexity index is 721. The third-order valence-electron chi connectivity index (χ3n) is 3.74. The van der Waals surface area contributed by atoms with Crippen molar-refractivity contribution >= 4 is 23.0 Å². The summed E-state index contributed by atoms with van der Waals surface area (Å²) in [6.07, 6.45) is 0.924. The monoisotopic (exact) mass is 306 g/mol. The fourth-order valence-corrected chi connectivity index (χ4v) is 2.76. The highest BCUT2D eigenvalue weighted by molar-refractivity contribution is 6.31. The average Bonchev–Trinajstić information content (AvgIpc) is 2.43. The Morgan fingerprint density at radius 1 is 1.38 bits per heavy atom. The SMILES string of the molecule is O=[N+]([O-])c1cc(Cl)c(F)cc1NCC1Cc2ccccc21. The summed E-state index contributed by atoms with van der Waals surface area (Å²) in [5, 5.41) is 13.7. The lowest BCUT2D eigenvalue weighted by atomic mass is 9.77. The maximum absolute atomic E-state index is 13.5. The van der Waals surface area contributed by atoms with Crippen LogP contribution in [0.4, 0.5) is 15.8 Å². The van der Waals surface area contributed by atoms with Crippen LogP contribution in [-0.2, 0) is 6.42 Å². The van der Waals surface area contributed by atoms with Crippen molar-refractivity contribution in [3.8, 4) is 0 Å². The molecule has 6 heteroatoms. The van der Waals surface area contributed by atoms with Crippen molar-refractivity contribution in [3.63, 3.8) is 0 Å². The minimum Gasteiger partial charge on any atom is -0.379 e. The lowest BCUT2D eigenvalue weighted by Gasteiger charge is -2.30. The molecule has 0 saturated carbocycles. The largest absolute Gasteiger partial charge is 0.379 e. The van der Waals surface area contributed by atoms with Crippen molar-refractivity contribution in [2.24, 2.45) is 0 Å². The van der Waals surface area contributed by atoms with Gasteiger partial charge in [0, 0.05) is 24.6 Å². The molecule has 3 rings (SSSR count). The van der Waals surface area contributed by atoms with E-state index < -0.39 is 10.7 Å². The van der Waals surface area contributed by atoms with Gasteiger partial charge in [-0.05, 0) is 17.5 Å². The van der Waals surface area contributed by atoms with Gasteiger partial charge in [-0.15, -0.1) is 0 Å². The van der Waals surface area contributed by atoms with Crippen LogP contribution >= 0.6 is 11.6 Å². The first-order chi connectivity index (χ1) is 10.1. The number of halogens is 2. The Morgan fingerprint density at radius 2 is 2.14 bits per heavy atom. The highest BCUT2D eigenvalue weighted by Gasteiger charge is 2.26. The van der Waals surface area contributed by atoms with Crippen LogP contribution in [0.15, 0.2) is 36.4 Å². The van der Waals surface area contributed by atoms with Gasteiger partial charge in [0.15, 0.2) is 0 Å². The summed E-state index contributed by atoms with van der Waals surface area (Å²) >= 11 is 5.59. The van der Waals surface area contributed by atoms with Crippen molar-refractivity contribution in [3.05, 3.63) is 68.5 Å². The van der Waals surface area contributed by atoms with Gasteiger partial charge in [-0.2, -0.15) is 0 Å². The van der Waals surface area contributed by atoms with Crippen molar-refractivity contribution < 1.29 is 9.31 Å². The van der Waals surface area contributed by atoms with Crippen LogP contribution in [-0.4, -0.2) is 11.5 Å². The average molecular weight is 307 g/mol. The maximum Gasteiger partial charge on any atom is 0.294 e. The van der Waals surface area contributed by atoms with Gasteiger partial charge in [-0.3, -0.25) is 10.1 Å². The van der Waals surface area contributed by atoms with Crippen LogP contribution in [0.25, 0.3) is 0 Å². The second kappa shape index (κ2) is 5.33. The normalized spacial score (nSPS) is 16.0. The number of anilines is 1. The number of nitro groups is 1. The van der Waals surface area contributed by atoms with E-state index in [1.165, 1.54) is 11.1 Å². The third-order valence-corrected chi connectivity index (χ3v) is 4.03. The van der Waals surface area contributed by atoms with E-state index in [0.717, 1.165) is 18.6 Å². The molecule has 2 aromatic carbocycles. The van der Waals surface area contributed by atoms with Crippen LogP contribution < -0.4 is 5.32 Å².